The lowest BCUT2D eigenvalue weighted by Gasteiger charge is -2.22. The molecule has 33 heavy (non-hydrogen) atoms. The minimum absolute atomic E-state index is 0.0781. The molecule has 0 bridgehead atoms. The molecule has 178 valence electrons. The van der Waals surface area contributed by atoms with Gasteiger partial charge in [-0.2, -0.15) is 13.2 Å². The van der Waals surface area contributed by atoms with Crippen molar-refractivity contribution in [1.82, 2.24) is 9.80 Å². The molecule has 2 aromatic carbocycles. The molecular weight excluding hydrogens is 474 g/mol. The molecular formula is C24H26Cl2F3N3O. The number of amides is 1. The van der Waals surface area contributed by atoms with E-state index in [4.69, 9.17) is 23.2 Å². The van der Waals surface area contributed by atoms with Gasteiger partial charge in [0.2, 0.25) is 0 Å². The van der Waals surface area contributed by atoms with E-state index >= 15 is 0 Å². The summed E-state index contributed by atoms with van der Waals surface area (Å²) in [4.78, 5) is 16.9. The Bertz CT molecular complexity index is 1020. The third kappa shape index (κ3) is 5.42. The standard InChI is InChI=1S/C24H26Cl2F3N3O/c1-15-6-7-18(10-21(15)25)30-8-3-9-31-11-16-13-32(14-17(16)12-31)23(33)19-4-2-5-20(22(19)26)24(27,28)29/h2,4-7,10,16-17,30H,3,8-9,11-14H2,1H3. The molecule has 2 atom stereocenters. The summed E-state index contributed by atoms with van der Waals surface area (Å²) in [6.07, 6.45) is -3.61. The number of aryl methyl sites for hydroxylation is 1. The van der Waals surface area contributed by atoms with Crippen LogP contribution in [0.2, 0.25) is 10.0 Å². The maximum absolute atomic E-state index is 13.1. The summed E-state index contributed by atoms with van der Waals surface area (Å²) in [6.45, 7) is 6.64. The van der Waals surface area contributed by atoms with Crippen LogP contribution in [-0.4, -0.2) is 55.0 Å². The maximum atomic E-state index is 13.1. The van der Waals surface area contributed by atoms with Crippen molar-refractivity contribution in [3.63, 3.8) is 0 Å². The van der Waals surface area contributed by atoms with Crippen molar-refractivity contribution in [3.8, 4) is 0 Å². The SMILES string of the molecule is Cc1ccc(NCCCN2CC3CN(C(=O)c4cccc(C(F)(F)F)c4Cl)CC3C2)cc1Cl. The molecule has 0 saturated carbocycles. The van der Waals surface area contributed by atoms with Gasteiger partial charge in [-0.25, -0.2) is 0 Å². The Morgan fingerprint density at radius 2 is 1.79 bits per heavy atom. The summed E-state index contributed by atoms with van der Waals surface area (Å²) < 4.78 is 39.4. The van der Waals surface area contributed by atoms with Crippen LogP contribution >= 0.6 is 23.2 Å². The summed E-state index contributed by atoms with van der Waals surface area (Å²) in [7, 11) is 0. The van der Waals surface area contributed by atoms with Crippen LogP contribution in [0.3, 0.4) is 0 Å². The highest BCUT2D eigenvalue weighted by Gasteiger charge is 2.42. The first-order valence-corrected chi connectivity index (χ1v) is 11.8. The molecule has 2 aliphatic rings. The molecule has 2 unspecified atom stereocenters. The van der Waals surface area contributed by atoms with E-state index in [2.05, 4.69) is 10.2 Å². The predicted molar refractivity (Wildman–Crippen MR) is 125 cm³/mol. The number of alkyl halides is 3. The van der Waals surface area contributed by atoms with Gasteiger partial charge in [-0.1, -0.05) is 35.3 Å². The number of fused-ring (bicyclic) bond motifs is 1. The van der Waals surface area contributed by atoms with Gasteiger partial charge in [0.15, 0.2) is 0 Å². The number of nitrogens with zero attached hydrogens (tertiary/aromatic N) is 2. The Morgan fingerprint density at radius 1 is 1.09 bits per heavy atom. The number of rotatable bonds is 6. The van der Waals surface area contributed by atoms with Crippen LogP contribution in [0.1, 0.15) is 27.9 Å². The highest BCUT2D eigenvalue weighted by atomic mass is 35.5. The first-order chi connectivity index (χ1) is 15.6. The normalized spacial score (nSPS) is 20.8. The number of carbonyl (C=O) groups is 1. The first kappa shape index (κ1) is 24.2. The third-order valence-electron chi connectivity index (χ3n) is 6.54. The number of nitrogens with one attached hydrogen (secondary N) is 1. The van der Waals surface area contributed by atoms with Gasteiger partial charge in [0.25, 0.3) is 5.91 Å². The lowest BCUT2D eigenvalue weighted by molar-refractivity contribution is -0.137. The molecule has 4 nitrogen and oxygen atoms in total. The largest absolute Gasteiger partial charge is 0.417 e. The average Bonchev–Trinajstić information content (AvgIpc) is 3.31. The Balaban J connectivity index is 1.26. The third-order valence-corrected chi connectivity index (χ3v) is 7.35. The number of likely N-dealkylation sites (tertiary alicyclic amines) is 2. The zero-order valence-corrected chi connectivity index (χ0v) is 19.8. The van der Waals surface area contributed by atoms with Crippen molar-refractivity contribution in [2.24, 2.45) is 11.8 Å². The van der Waals surface area contributed by atoms with Crippen LogP contribution in [-0.2, 0) is 6.18 Å². The van der Waals surface area contributed by atoms with Crippen LogP contribution in [0.15, 0.2) is 36.4 Å². The van der Waals surface area contributed by atoms with Gasteiger partial charge in [-0.3, -0.25) is 4.79 Å². The van der Waals surface area contributed by atoms with Crippen molar-refractivity contribution >= 4 is 34.8 Å². The van der Waals surface area contributed by atoms with Gasteiger partial charge in [-0.15, -0.1) is 0 Å². The van der Waals surface area contributed by atoms with Crippen LogP contribution < -0.4 is 5.32 Å². The van der Waals surface area contributed by atoms with Gasteiger partial charge >= 0.3 is 6.18 Å². The molecule has 0 radical (unpaired) electrons. The fraction of sp³-hybridized carbons (Fsp3) is 0.458. The molecule has 2 aliphatic heterocycles. The fourth-order valence-corrected chi connectivity index (χ4v) is 5.26. The summed E-state index contributed by atoms with van der Waals surface area (Å²) >= 11 is 12.1. The van der Waals surface area contributed by atoms with Crippen molar-refractivity contribution in [3.05, 3.63) is 63.1 Å². The van der Waals surface area contributed by atoms with Gasteiger partial charge in [0.1, 0.15) is 0 Å². The maximum Gasteiger partial charge on any atom is 0.417 e. The molecule has 0 aliphatic carbocycles. The van der Waals surface area contributed by atoms with Crippen molar-refractivity contribution in [1.29, 1.82) is 0 Å². The van der Waals surface area contributed by atoms with Crippen molar-refractivity contribution < 1.29 is 18.0 Å². The summed E-state index contributed by atoms with van der Waals surface area (Å²) in [5, 5.41) is 3.62. The van der Waals surface area contributed by atoms with Crippen LogP contribution in [0.5, 0.6) is 0 Å². The van der Waals surface area contributed by atoms with E-state index in [0.717, 1.165) is 54.9 Å². The van der Waals surface area contributed by atoms with E-state index in [0.29, 0.717) is 24.9 Å². The second-order valence-electron chi connectivity index (χ2n) is 8.90. The van der Waals surface area contributed by atoms with E-state index < -0.39 is 22.7 Å². The molecule has 1 N–H and O–H groups in total. The van der Waals surface area contributed by atoms with E-state index in [1.54, 1.807) is 4.90 Å². The van der Waals surface area contributed by atoms with Gasteiger partial charge in [0, 0.05) is 43.4 Å². The van der Waals surface area contributed by atoms with E-state index in [1.165, 1.54) is 12.1 Å². The number of hydrogen-bond acceptors (Lipinski definition) is 3. The second-order valence-corrected chi connectivity index (χ2v) is 9.68. The Morgan fingerprint density at radius 3 is 2.42 bits per heavy atom. The number of carbonyl (C=O) groups excluding carboxylic acids is 1. The lowest BCUT2D eigenvalue weighted by Crippen LogP contribution is -2.34. The zero-order valence-electron chi connectivity index (χ0n) is 18.3. The zero-order chi connectivity index (χ0) is 23.8. The van der Waals surface area contributed by atoms with E-state index in [9.17, 15) is 18.0 Å². The van der Waals surface area contributed by atoms with Gasteiger partial charge < -0.3 is 15.1 Å². The molecule has 0 spiro atoms. The lowest BCUT2D eigenvalue weighted by atomic mass is 10.0. The quantitative estimate of drug-likeness (QED) is 0.508. The topological polar surface area (TPSA) is 35.6 Å². The fourth-order valence-electron chi connectivity index (χ4n) is 4.76. The Kier molecular flexibility index (Phi) is 7.12. The van der Waals surface area contributed by atoms with E-state index in [1.807, 2.05) is 25.1 Å². The Hall–Kier alpha value is -1.96. The van der Waals surface area contributed by atoms with Crippen LogP contribution in [0.4, 0.5) is 18.9 Å². The smallest absolute Gasteiger partial charge is 0.385 e. The number of hydrogen-bond donors (Lipinski definition) is 1. The predicted octanol–water partition coefficient (Wildman–Crippen LogP) is 5.83. The van der Waals surface area contributed by atoms with Crippen LogP contribution in [0.25, 0.3) is 0 Å². The Labute approximate surface area is 201 Å². The molecule has 0 aromatic heterocycles. The molecule has 2 aromatic rings. The highest BCUT2D eigenvalue weighted by molar-refractivity contribution is 6.34. The molecule has 1 amide bonds. The second kappa shape index (κ2) is 9.72. The number of halogens is 5. The molecule has 2 fully saturated rings. The minimum Gasteiger partial charge on any atom is -0.385 e. The van der Waals surface area contributed by atoms with Crippen molar-refractivity contribution in [2.45, 2.75) is 19.5 Å². The average molecular weight is 500 g/mol. The molecule has 9 heteroatoms. The molecule has 4 rings (SSSR count). The summed E-state index contributed by atoms with van der Waals surface area (Å²) in [6, 6.07) is 9.45. The first-order valence-electron chi connectivity index (χ1n) is 11.0. The van der Waals surface area contributed by atoms with Gasteiger partial charge in [0.05, 0.1) is 16.1 Å². The van der Waals surface area contributed by atoms with E-state index in [-0.39, 0.29) is 5.56 Å². The van der Waals surface area contributed by atoms with Gasteiger partial charge in [-0.05, 0) is 61.6 Å². The molecule has 2 heterocycles. The monoisotopic (exact) mass is 499 g/mol. The summed E-state index contributed by atoms with van der Waals surface area (Å²) in [5.74, 6) is 0.248. The highest BCUT2D eigenvalue weighted by Crippen LogP contribution is 2.38. The van der Waals surface area contributed by atoms with Crippen LogP contribution in [0, 0.1) is 18.8 Å². The molecule has 2 saturated heterocycles. The number of benzene rings is 2. The van der Waals surface area contributed by atoms with Crippen molar-refractivity contribution in [2.75, 3.05) is 44.6 Å². The minimum atomic E-state index is -4.59. The summed E-state index contributed by atoms with van der Waals surface area (Å²) in [5.41, 5.74) is 1.01. The number of anilines is 1.